The smallest absolute Gasteiger partial charge is 0.306 e. The molecule has 0 spiro atoms. The Labute approximate surface area is 210 Å². The first-order valence-electron chi connectivity index (χ1n) is 11.6. The topological polar surface area (TPSA) is 141 Å². The van der Waals surface area contributed by atoms with Gasteiger partial charge in [-0.1, -0.05) is 30.3 Å². The van der Waals surface area contributed by atoms with Crippen LogP contribution in [-0.2, 0) is 35.3 Å². The van der Waals surface area contributed by atoms with E-state index in [-0.39, 0.29) is 36.6 Å². The minimum absolute atomic E-state index is 0.00475. The van der Waals surface area contributed by atoms with E-state index in [0.717, 1.165) is 0 Å². The molecule has 1 aliphatic carbocycles. The van der Waals surface area contributed by atoms with E-state index < -0.39 is 26.0 Å². The van der Waals surface area contributed by atoms with E-state index in [4.69, 9.17) is 4.74 Å². The van der Waals surface area contributed by atoms with E-state index in [1.165, 1.54) is 16.5 Å². The highest BCUT2D eigenvalue weighted by Crippen LogP contribution is 2.32. The number of esters is 1. The quantitative estimate of drug-likeness (QED) is 0.363. The Hall–Kier alpha value is -3.03. The zero-order valence-electron chi connectivity index (χ0n) is 20.1. The van der Waals surface area contributed by atoms with Crippen molar-refractivity contribution in [1.29, 1.82) is 0 Å². The largest absolute Gasteiger partial charge is 0.466 e. The summed E-state index contributed by atoms with van der Waals surface area (Å²) in [5.41, 5.74) is 0.967. The van der Waals surface area contributed by atoms with Gasteiger partial charge in [-0.2, -0.15) is 0 Å². The first-order valence-corrected chi connectivity index (χ1v) is 14.8. The molecule has 3 aromatic rings. The van der Waals surface area contributed by atoms with Crippen LogP contribution in [0, 0.1) is 0 Å². The molecule has 0 bridgehead atoms. The maximum Gasteiger partial charge on any atom is 0.306 e. The molecule has 0 atom stereocenters. The molecular formula is C23H29N5O6S2. The average Bonchev–Trinajstić information content (AvgIpc) is 3.26. The molecule has 1 saturated carbocycles. The van der Waals surface area contributed by atoms with Gasteiger partial charge in [0, 0.05) is 25.3 Å². The lowest BCUT2D eigenvalue weighted by Crippen LogP contribution is -2.53. The molecule has 0 radical (unpaired) electrons. The van der Waals surface area contributed by atoms with E-state index in [2.05, 4.69) is 14.7 Å². The Morgan fingerprint density at radius 3 is 2.56 bits per heavy atom. The van der Waals surface area contributed by atoms with Gasteiger partial charge in [-0.05, 0) is 31.4 Å². The molecule has 36 heavy (non-hydrogen) atoms. The van der Waals surface area contributed by atoms with Crippen LogP contribution in [0.3, 0.4) is 0 Å². The van der Waals surface area contributed by atoms with Gasteiger partial charge in [-0.15, -0.1) is 0 Å². The molecular weight excluding hydrogens is 506 g/mol. The Bertz CT molecular complexity index is 1430. The summed E-state index contributed by atoms with van der Waals surface area (Å²) in [4.78, 5) is 22.0. The van der Waals surface area contributed by atoms with E-state index in [0.29, 0.717) is 35.3 Å². The van der Waals surface area contributed by atoms with E-state index in [1.54, 1.807) is 37.3 Å². The summed E-state index contributed by atoms with van der Waals surface area (Å²) in [5, 5.41) is 0.593. The fourth-order valence-electron chi connectivity index (χ4n) is 4.21. The summed E-state index contributed by atoms with van der Waals surface area (Å²) in [5.74, 6) is -0.449. The number of nitrogens with one attached hydrogen (secondary N) is 1. The SMILES string of the molecule is CCOC(=O)CCS(=O)(=O)NC1CC(N(C)c2ncnc3c2ccn3S(=O)(=O)Cc2ccccc2)C1. The maximum absolute atomic E-state index is 13.1. The molecule has 1 aliphatic rings. The van der Waals surface area contributed by atoms with Gasteiger partial charge in [-0.25, -0.2) is 35.5 Å². The van der Waals surface area contributed by atoms with Gasteiger partial charge in [0.15, 0.2) is 5.65 Å². The number of hydrogen-bond donors (Lipinski definition) is 1. The van der Waals surface area contributed by atoms with Crippen molar-refractivity contribution in [1.82, 2.24) is 18.7 Å². The lowest BCUT2D eigenvalue weighted by molar-refractivity contribution is -0.142. The summed E-state index contributed by atoms with van der Waals surface area (Å²) in [7, 11) is -5.46. The summed E-state index contributed by atoms with van der Waals surface area (Å²) >= 11 is 0. The number of rotatable bonds is 11. The molecule has 0 saturated heterocycles. The minimum Gasteiger partial charge on any atom is -0.466 e. The molecule has 11 nitrogen and oxygen atoms in total. The number of carbonyl (C=O) groups excluding carboxylic acids is 1. The lowest BCUT2D eigenvalue weighted by atomic mass is 9.86. The maximum atomic E-state index is 13.1. The van der Waals surface area contributed by atoms with Crippen LogP contribution in [0.1, 0.15) is 31.7 Å². The molecule has 1 N–H and O–H groups in total. The highest BCUT2D eigenvalue weighted by atomic mass is 32.2. The van der Waals surface area contributed by atoms with Crippen LogP contribution in [0.5, 0.6) is 0 Å². The lowest BCUT2D eigenvalue weighted by Gasteiger charge is -2.41. The van der Waals surface area contributed by atoms with Crippen molar-refractivity contribution in [3.05, 3.63) is 54.5 Å². The Kier molecular flexibility index (Phi) is 7.62. The number of carbonyl (C=O) groups is 1. The fraction of sp³-hybridized carbons (Fsp3) is 0.435. The average molecular weight is 536 g/mol. The highest BCUT2D eigenvalue weighted by Gasteiger charge is 2.36. The predicted octanol–water partition coefficient (Wildman–Crippen LogP) is 1.65. The Morgan fingerprint density at radius 1 is 1.14 bits per heavy atom. The number of fused-ring (bicyclic) bond motifs is 1. The van der Waals surface area contributed by atoms with Crippen molar-refractivity contribution in [2.24, 2.45) is 0 Å². The number of aromatic nitrogens is 3. The normalized spacial score (nSPS) is 18.1. The number of benzene rings is 1. The van der Waals surface area contributed by atoms with E-state index in [9.17, 15) is 21.6 Å². The summed E-state index contributed by atoms with van der Waals surface area (Å²) in [6.07, 6.45) is 3.72. The second-order valence-corrected chi connectivity index (χ2v) is 12.4. The predicted molar refractivity (Wildman–Crippen MR) is 135 cm³/mol. The third-order valence-corrected chi connectivity index (χ3v) is 9.17. The van der Waals surface area contributed by atoms with Crippen LogP contribution in [0.4, 0.5) is 5.82 Å². The minimum atomic E-state index is -3.70. The number of anilines is 1. The first kappa shape index (κ1) is 26.0. The van der Waals surface area contributed by atoms with E-state index in [1.807, 2.05) is 18.0 Å². The third kappa shape index (κ3) is 5.85. The van der Waals surface area contributed by atoms with Crippen molar-refractivity contribution in [3.8, 4) is 0 Å². The second-order valence-electron chi connectivity index (χ2n) is 8.71. The molecule has 194 valence electrons. The molecule has 4 rings (SSSR count). The third-order valence-electron chi connectivity index (χ3n) is 6.14. The zero-order chi connectivity index (χ0) is 25.9. The fourth-order valence-corrected chi connectivity index (χ4v) is 6.87. The van der Waals surface area contributed by atoms with Gasteiger partial charge < -0.3 is 9.64 Å². The van der Waals surface area contributed by atoms with Crippen LogP contribution < -0.4 is 9.62 Å². The molecule has 2 heterocycles. The van der Waals surface area contributed by atoms with Crippen molar-refractivity contribution in [2.45, 2.75) is 44.0 Å². The second kappa shape index (κ2) is 10.5. The van der Waals surface area contributed by atoms with Crippen LogP contribution in [0.25, 0.3) is 11.0 Å². The van der Waals surface area contributed by atoms with Crippen molar-refractivity contribution >= 4 is 42.9 Å². The number of sulfonamides is 1. The molecule has 2 aromatic heterocycles. The molecule has 1 fully saturated rings. The summed E-state index contributed by atoms with van der Waals surface area (Å²) in [6, 6.07) is 10.4. The number of ether oxygens (including phenoxy) is 1. The monoisotopic (exact) mass is 535 g/mol. The zero-order valence-corrected chi connectivity index (χ0v) is 21.7. The standard InChI is InChI=1S/C23H29N5O6S2/c1-3-34-21(29)10-12-35(30,31)26-18-13-19(14-18)27(2)22-20-9-11-28(23(20)25-16-24-22)36(32,33)15-17-7-5-4-6-8-17/h4-9,11,16,18-19,26H,3,10,12-15H2,1-2H3. The van der Waals surface area contributed by atoms with E-state index >= 15 is 0 Å². The Balaban J connectivity index is 1.42. The van der Waals surface area contributed by atoms with Crippen molar-refractivity contribution < 1.29 is 26.4 Å². The van der Waals surface area contributed by atoms with Gasteiger partial charge in [0.05, 0.1) is 29.9 Å². The molecule has 0 aliphatic heterocycles. The Morgan fingerprint density at radius 2 is 1.86 bits per heavy atom. The van der Waals surface area contributed by atoms with Crippen LogP contribution >= 0.6 is 0 Å². The van der Waals surface area contributed by atoms with Gasteiger partial charge in [0.2, 0.25) is 20.0 Å². The van der Waals surface area contributed by atoms with Gasteiger partial charge in [0.25, 0.3) is 0 Å². The molecule has 13 heteroatoms. The number of nitrogens with zero attached hydrogens (tertiary/aromatic N) is 4. The van der Waals surface area contributed by atoms with Crippen molar-refractivity contribution in [3.63, 3.8) is 0 Å². The van der Waals surface area contributed by atoms with Gasteiger partial charge in [0.1, 0.15) is 12.1 Å². The summed E-state index contributed by atoms with van der Waals surface area (Å²) in [6.45, 7) is 1.88. The van der Waals surface area contributed by atoms with Gasteiger partial charge >= 0.3 is 5.97 Å². The van der Waals surface area contributed by atoms with Crippen LogP contribution in [-0.4, -0.2) is 68.2 Å². The van der Waals surface area contributed by atoms with Crippen molar-refractivity contribution in [2.75, 3.05) is 24.3 Å². The highest BCUT2D eigenvalue weighted by molar-refractivity contribution is 7.89. The van der Waals surface area contributed by atoms with Gasteiger partial charge in [-0.3, -0.25) is 4.79 Å². The van der Waals surface area contributed by atoms with Crippen LogP contribution in [0.2, 0.25) is 0 Å². The molecule has 0 unspecified atom stereocenters. The van der Waals surface area contributed by atoms with Crippen LogP contribution in [0.15, 0.2) is 48.9 Å². The first-order chi connectivity index (χ1) is 17.1. The molecule has 0 amide bonds. The molecule has 1 aromatic carbocycles. The summed E-state index contributed by atoms with van der Waals surface area (Å²) < 4.78 is 59.3. The number of hydrogen-bond acceptors (Lipinski definition) is 9.